The van der Waals surface area contributed by atoms with E-state index >= 15 is 0 Å². The highest BCUT2D eigenvalue weighted by Gasteiger charge is 2.22. The first-order valence-corrected chi connectivity index (χ1v) is 8.41. The molecular weight excluding hydrogens is 280 g/mol. The lowest BCUT2D eigenvalue weighted by atomic mass is 10.1. The van der Waals surface area contributed by atoms with Gasteiger partial charge >= 0.3 is 0 Å². The Bertz CT molecular complexity index is 600. The molecule has 0 radical (unpaired) electrons. The van der Waals surface area contributed by atoms with Crippen molar-refractivity contribution in [1.82, 2.24) is 10.3 Å². The third-order valence-electron chi connectivity index (χ3n) is 3.71. The first-order chi connectivity index (χ1) is 10.2. The molecule has 0 aliphatic heterocycles. The summed E-state index contributed by atoms with van der Waals surface area (Å²) in [6, 6.07) is 8.47. The molecule has 1 aliphatic rings. The molecule has 1 unspecified atom stereocenters. The topological polar surface area (TPSA) is 34.1 Å². The zero-order valence-electron chi connectivity index (χ0n) is 12.8. The lowest BCUT2D eigenvalue weighted by Gasteiger charge is -2.16. The average molecular weight is 302 g/mol. The molecule has 4 heteroatoms. The molecule has 112 valence electrons. The molecule has 0 saturated heterocycles. The lowest BCUT2D eigenvalue weighted by molar-refractivity contribution is 0.242. The molecule has 1 aliphatic carbocycles. The fourth-order valence-electron chi connectivity index (χ4n) is 2.81. The van der Waals surface area contributed by atoms with Gasteiger partial charge in [-0.25, -0.2) is 4.98 Å². The lowest BCUT2D eigenvalue weighted by Crippen LogP contribution is -2.18. The van der Waals surface area contributed by atoms with Gasteiger partial charge in [-0.15, -0.1) is 11.3 Å². The van der Waals surface area contributed by atoms with Gasteiger partial charge in [-0.1, -0.05) is 12.1 Å². The molecule has 1 aromatic heterocycles. The van der Waals surface area contributed by atoms with Gasteiger partial charge in [0.05, 0.1) is 17.8 Å². The van der Waals surface area contributed by atoms with E-state index in [1.807, 2.05) is 38.3 Å². The Morgan fingerprint density at radius 1 is 1.29 bits per heavy atom. The molecule has 1 atom stereocenters. The van der Waals surface area contributed by atoms with Gasteiger partial charge in [0.25, 0.3) is 0 Å². The second kappa shape index (κ2) is 6.16. The Hall–Kier alpha value is -1.39. The van der Waals surface area contributed by atoms with Gasteiger partial charge < -0.3 is 10.1 Å². The highest BCUT2D eigenvalue weighted by Crippen LogP contribution is 2.33. The van der Waals surface area contributed by atoms with Gasteiger partial charge in [-0.2, -0.15) is 0 Å². The Kier molecular flexibility index (Phi) is 4.27. The maximum Gasteiger partial charge on any atom is 0.120 e. The summed E-state index contributed by atoms with van der Waals surface area (Å²) in [4.78, 5) is 6.32. The van der Waals surface area contributed by atoms with Crippen LogP contribution in [0.15, 0.2) is 24.3 Å². The number of benzene rings is 1. The van der Waals surface area contributed by atoms with E-state index in [2.05, 4.69) is 23.5 Å². The molecule has 3 rings (SSSR count). The molecule has 0 amide bonds. The predicted molar refractivity (Wildman–Crippen MR) is 87.2 cm³/mol. The van der Waals surface area contributed by atoms with E-state index in [1.54, 1.807) is 0 Å². The molecule has 0 fully saturated rings. The van der Waals surface area contributed by atoms with Crippen LogP contribution < -0.4 is 10.1 Å². The number of ether oxygens (including phenoxy) is 1. The molecule has 3 nitrogen and oxygen atoms in total. The summed E-state index contributed by atoms with van der Waals surface area (Å²) in [5.74, 6) is 0.923. The fraction of sp³-hybridized carbons (Fsp3) is 0.471. The van der Waals surface area contributed by atoms with Crippen molar-refractivity contribution in [3.63, 3.8) is 0 Å². The van der Waals surface area contributed by atoms with Gasteiger partial charge in [-0.05, 0) is 57.9 Å². The number of nitrogens with zero attached hydrogens (tertiary/aromatic N) is 1. The van der Waals surface area contributed by atoms with Crippen molar-refractivity contribution in [2.24, 2.45) is 0 Å². The Morgan fingerprint density at radius 3 is 2.86 bits per heavy atom. The van der Waals surface area contributed by atoms with E-state index in [4.69, 9.17) is 9.72 Å². The van der Waals surface area contributed by atoms with Crippen LogP contribution in [0.3, 0.4) is 0 Å². The van der Waals surface area contributed by atoms with E-state index in [1.165, 1.54) is 34.0 Å². The summed E-state index contributed by atoms with van der Waals surface area (Å²) < 4.78 is 5.80. The third-order valence-corrected chi connectivity index (χ3v) is 4.93. The quantitative estimate of drug-likeness (QED) is 0.914. The van der Waals surface area contributed by atoms with Gasteiger partial charge in [0, 0.05) is 4.88 Å². The molecule has 0 bridgehead atoms. The van der Waals surface area contributed by atoms with Crippen molar-refractivity contribution >= 4 is 11.3 Å². The number of hydrogen-bond acceptors (Lipinski definition) is 4. The number of aromatic nitrogens is 1. The molecular formula is C17H22N2OS. The summed E-state index contributed by atoms with van der Waals surface area (Å²) in [5, 5.41) is 4.57. The first kappa shape index (κ1) is 14.5. The van der Waals surface area contributed by atoms with Crippen molar-refractivity contribution < 1.29 is 4.74 Å². The van der Waals surface area contributed by atoms with Crippen LogP contribution in [0.2, 0.25) is 0 Å². The molecule has 0 spiro atoms. The van der Waals surface area contributed by atoms with E-state index in [0.717, 1.165) is 12.2 Å². The van der Waals surface area contributed by atoms with Gasteiger partial charge in [-0.3, -0.25) is 0 Å². The van der Waals surface area contributed by atoms with Crippen LogP contribution in [-0.4, -0.2) is 18.1 Å². The van der Waals surface area contributed by atoms with Crippen molar-refractivity contribution in [1.29, 1.82) is 0 Å². The van der Waals surface area contributed by atoms with E-state index in [9.17, 15) is 0 Å². The SMILES string of the molecule is CNC(c1cccc(OC(C)C)c1)c1nc2c(s1)CCC2. The van der Waals surface area contributed by atoms with Crippen molar-refractivity contribution in [2.75, 3.05) is 7.05 Å². The van der Waals surface area contributed by atoms with Crippen LogP contribution in [-0.2, 0) is 12.8 Å². The molecule has 1 N–H and O–H groups in total. The van der Waals surface area contributed by atoms with Crippen molar-refractivity contribution in [2.45, 2.75) is 45.3 Å². The Morgan fingerprint density at radius 2 is 2.14 bits per heavy atom. The van der Waals surface area contributed by atoms with Crippen LogP contribution >= 0.6 is 11.3 Å². The number of thiazole rings is 1. The summed E-state index contributed by atoms with van der Waals surface area (Å²) in [6.45, 7) is 4.10. The summed E-state index contributed by atoms with van der Waals surface area (Å²) in [7, 11) is 1.99. The molecule has 1 heterocycles. The number of hydrogen-bond donors (Lipinski definition) is 1. The van der Waals surface area contributed by atoms with Gasteiger partial charge in [0.1, 0.15) is 10.8 Å². The van der Waals surface area contributed by atoms with E-state index < -0.39 is 0 Å². The molecule has 2 aromatic rings. The standard InChI is InChI=1S/C17H22N2OS/c1-11(2)20-13-7-4-6-12(10-13)16(18-3)17-19-14-8-5-9-15(14)21-17/h4,6-7,10-11,16,18H,5,8-9H2,1-3H3. The van der Waals surface area contributed by atoms with Gasteiger partial charge in [0.2, 0.25) is 0 Å². The van der Waals surface area contributed by atoms with Crippen LogP contribution in [0.5, 0.6) is 5.75 Å². The maximum absolute atomic E-state index is 5.80. The number of rotatable bonds is 5. The highest BCUT2D eigenvalue weighted by molar-refractivity contribution is 7.11. The minimum Gasteiger partial charge on any atom is -0.491 e. The van der Waals surface area contributed by atoms with Crippen LogP contribution in [0, 0.1) is 0 Å². The van der Waals surface area contributed by atoms with E-state index in [0.29, 0.717) is 0 Å². The largest absolute Gasteiger partial charge is 0.491 e. The van der Waals surface area contributed by atoms with Crippen molar-refractivity contribution in [3.05, 3.63) is 45.4 Å². The molecule has 21 heavy (non-hydrogen) atoms. The summed E-state index contributed by atoms with van der Waals surface area (Å²) in [5.41, 5.74) is 2.52. The minimum absolute atomic E-state index is 0.149. The minimum atomic E-state index is 0.149. The zero-order chi connectivity index (χ0) is 14.8. The summed E-state index contributed by atoms with van der Waals surface area (Å²) >= 11 is 1.85. The second-order valence-electron chi connectivity index (χ2n) is 5.74. The van der Waals surface area contributed by atoms with Crippen LogP contribution in [0.25, 0.3) is 0 Å². The third kappa shape index (κ3) is 3.11. The van der Waals surface area contributed by atoms with Gasteiger partial charge in [0.15, 0.2) is 0 Å². The molecule has 1 aromatic carbocycles. The predicted octanol–water partition coefficient (Wildman–Crippen LogP) is 3.73. The van der Waals surface area contributed by atoms with Crippen LogP contribution in [0.4, 0.5) is 0 Å². The number of nitrogens with one attached hydrogen (secondary N) is 1. The van der Waals surface area contributed by atoms with Crippen LogP contribution in [0.1, 0.15) is 47.5 Å². The molecule has 0 saturated carbocycles. The zero-order valence-corrected chi connectivity index (χ0v) is 13.7. The van der Waals surface area contributed by atoms with E-state index in [-0.39, 0.29) is 12.1 Å². The number of fused-ring (bicyclic) bond motifs is 1. The second-order valence-corrected chi connectivity index (χ2v) is 6.85. The Balaban J connectivity index is 1.88. The maximum atomic E-state index is 5.80. The summed E-state index contributed by atoms with van der Waals surface area (Å²) in [6.07, 6.45) is 3.78. The number of aryl methyl sites for hydroxylation is 2. The first-order valence-electron chi connectivity index (χ1n) is 7.59. The Labute approximate surface area is 130 Å². The average Bonchev–Trinajstić information content (AvgIpc) is 3.00. The highest BCUT2D eigenvalue weighted by atomic mass is 32.1. The monoisotopic (exact) mass is 302 g/mol. The smallest absolute Gasteiger partial charge is 0.120 e. The normalized spacial score (nSPS) is 15.2. The fourth-order valence-corrected chi connectivity index (χ4v) is 4.10. The van der Waals surface area contributed by atoms with Crippen molar-refractivity contribution in [3.8, 4) is 5.75 Å².